The Balaban J connectivity index is 2.71. The van der Waals surface area contributed by atoms with Crippen LogP contribution >= 0.6 is 11.3 Å². The molecule has 1 N–H and O–H groups in total. The molecule has 0 fully saturated rings. The molecule has 21 heavy (non-hydrogen) atoms. The number of rotatable bonds is 5. The van der Waals surface area contributed by atoms with Gasteiger partial charge in [0, 0.05) is 6.42 Å². The Labute approximate surface area is 129 Å². The molecule has 118 valence electrons. The highest BCUT2D eigenvalue weighted by molar-refractivity contribution is 7.07. The number of hydrogen-bond acceptors (Lipinski definition) is 5. The van der Waals surface area contributed by atoms with E-state index < -0.39 is 23.7 Å². The van der Waals surface area contributed by atoms with E-state index in [-0.39, 0.29) is 6.10 Å². The highest BCUT2D eigenvalue weighted by Crippen LogP contribution is 2.12. The second-order valence-electron chi connectivity index (χ2n) is 6.02. The Morgan fingerprint density at radius 1 is 1.33 bits per heavy atom. The van der Waals surface area contributed by atoms with E-state index in [1.54, 1.807) is 46.0 Å². The number of alkyl carbamates (subject to hydrolysis) is 1. The molecular formula is C15H23NO4S. The standard InChI is InChI=1S/C15H23NO4S/c1-10(2)19-13(17)12(8-11-6-7-21-9-11)16-14(18)20-15(3,4)5/h6-7,9-10,12H,8H2,1-5H3,(H,16,18). The van der Waals surface area contributed by atoms with E-state index in [1.807, 2.05) is 16.8 Å². The third kappa shape index (κ3) is 7.13. The summed E-state index contributed by atoms with van der Waals surface area (Å²) in [7, 11) is 0. The molecule has 6 heteroatoms. The van der Waals surface area contributed by atoms with Crippen molar-refractivity contribution in [3.8, 4) is 0 Å². The van der Waals surface area contributed by atoms with Gasteiger partial charge >= 0.3 is 12.1 Å². The van der Waals surface area contributed by atoms with Crippen LogP contribution in [0.25, 0.3) is 0 Å². The van der Waals surface area contributed by atoms with Crippen molar-refractivity contribution in [1.82, 2.24) is 5.32 Å². The molecule has 0 aliphatic carbocycles. The molecule has 5 nitrogen and oxygen atoms in total. The van der Waals surface area contributed by atoms with Crippen molar-refractivity contribution >= 4 is 23.4 Å². The van der Waals surface area contributed by atoms with Crippen molar-refractivity contribution in [2.24, 2.45) is 0 Å². The molecule has 0 aromatic carbocycles. The Hall–Kier alpha value is -1.56. The lowest BCUT2D eigenvalue weighted by Gasteiger charge is -2.23. The number of amides is 1. The zero-order valence-corrected chi connectivity index (χ0v) is 14.0. The first-order valence-corrected chi connectivity index (χ1v) is 7.83. The SMILES string of the molecule is CC(C)OC(=O)C(Cc1ccsc1)NC(=O)OC(C)(C)C. The van der Waals surface area contributed by atoms with Gasteiger partial charge in [-0.3, -0.25) is 0 Å². The van der Waals surface area contributed by atoms with Gasteiger partial charge < -0.3 is 14.8 Å². The second-order valence-corrected chi connectivity index (χ2v) is 6.80. The van der Waals surface area contributed by atoms with Gasteiger partial charge in [-0.25, -0.2) is 9.59 Å². The molecule has 1 unspecified atom stereocenters. The zero-order chi connectivity index (χ0) is 16.0. The quantitative estimate of drug-likeness (QED) is 0.848. The topological polar surface area (TPSA) is 64.6 Å². The van der Waals surface area contributed by atoms with Crippen LogP contribution in [0.15, 0.2) is 16.8 Å². The Bertz CT molecular complexity index is 463. The van der Waals surface area contributed by atoms with Crippen LogP contribution in [0.1, 0.15) is 40.2 Å². The maximum atomic E-state index is 12.1. The van der Waals surface area contributed by atoms with Gasteiger partial charge in [0.25, 0.3) is 0 Å². The molecule has 1 atom stereocenters. The Morgan fingerprint density at radius 2 is 2.00 bits per heavy atom. The van der Waals surface area contributed by atoms with Crippen molar-refractivity contribution in [1.29, 1.82) is 0 Å². The van der Waals surface area contributed by atoms with Crippen molar-refractivity contribution in [2.75, 3.05) is 0 Å². The first-order valence-electron chi connectivity index (χ1n) is 6.88. The van der Waals surface area contributed by atoms with Gasteiger partial charge in [0.15, 0.2) is 0 Å². The molecular weight excluding hydrogens is 290 g/mol. The maximum Gasteiger partial charge on any atom is 0.408 e. The lowest BCUT2D eigenvalue weighted by atomic mass is 10.1. The minimum Gasteiger partial charge on any atom is -0.461 e. The average Bonchev–Trinajstić information content (AvgIpc) is 2.77. The summed E-state index contributed by atoms with van der Waals surface area (Å²) in [6.45, 7) is 8.85. The van der Waals surface area contributed by atoms with Gasteiger partial charge in [0.1, 0.15) is 11.6 Å². The molecule has 0 radical (unpaired) electrons. The molecule has 0 saturated carbocycles. The number of nitrogens with one attached hydrogen (secondary N) is 1. The van der Waals surface area contributed by atoms with E-state index in [0.717, 1.165) is 5.56 Å². The normalized spacial score (nSPS) is 12.9. The highest BCUT2D eigenvalue weighted by Gasteiger charge is 2.26. The van der Waals surface area contributed by atoms with Crippen LogP contribution in [-0.2, 0) is 20.7 Å². The molecule has 1 aromatic rings. The smallest absolute Gasteiger partial charge is 0.408 e. The molecule has 0 aliphatic rings. The Morgan fingerprint density at radius 3 is 2.48 bits per heavy atom. The average molecular weight is 313 g/mol. The van der Waals surface area contributed by atoms with Crippen LogP contribution in [0, 0.1) is 0 Å². The third-order valence-electron chi connectivity index (χ3n) is 2.35. The van der Waals surface area contributed by atoms with Crippen molar-refractivity contribution in [3.05, 3.63) is 22.4 Å². The van der Waals surface area contributed by atoms with E-state index >= 15 is 0 Å². The van der Waals surface area contributed by atoms with Crippen LogP contribution in [0.3, 0.4) is 0 Å². The number of carbonyl (C=O) groups excluding carboxylic acids is 2. The first kappa shape index (κ1) is 17.5. The summed E-state index contributed by atoms with van der Waals surface area (Å²) in [4.78, 5) is 23.9. The largest absolute Gasteiger partial charge is 0.461 e. The fourth-order valence-electron chi connectivity index (χ4n) is 1.60. The van der Waals surface area contributed by atoms with Crippen LogP contribution in [0.4, 0.5) is 4.79 Å². The number of ether oxygens (including phenoxy) is 2. The van der Waals surface area contributed by atoms with Gasteiger partial charge in [-0.1, -0.05) is 0 Å². The fourth-order valence-corrected chi connectivity index (χ4v) is 2.28. The highest BCUT2D eigenvalue weighted by atomic mass is 32.1. The van der Waals surface area contributed by atoms with Gasteiger partial charge in [0.2, 0.25) is 0 Å². The minimum absolute atomic E-state index is 0.233. The molecule has 1 aromatic heterocycles. The van der Waals surface area contributed by atoms with Crippen molar-refractivity contribution in [3.63, 3.8) is 0 Å². The second kappa shape index (κ2) is 7.45. The van der Waals surface area contributed by atoms with Crippen LogP contribution in [-0.4, -0.2) is 29.8 Å². The van der Waals surface area contributed by atoms with Gasteiger partial charge in [0.05, 0.1) is 6.10 Å². The van der Waals surface area contributed by atoms with Crippen molar-refractivity contribution < 1.29 is 19.1 Å². The van der Waals surface area contributed by atoms with Crippen LogP contribution in [0.2, 0.25) is 0 Å². The van der Waals surface area contributed by atoms with Gasteiger partial charge in [-0.05, 0) is 57.0 Å². The van der Waals surface area contributed by atoms with E-state index in [0.29, 0.717) is 6.42 Å². The summed E-state index contributed by atoms with van der Waals surface area (Å²) in [5.41, 5.74) is 0.362. The van der Waals surface area contributed by atoms with E-state index in [1.165, 1.54) is 0 Å². The lowest BCUT2D eigenvalue weighted by Crippen LogP contribution is -2.46. The van der Waals surface area contributed by atoms with E-state index in [2.05, 4.69) is 5.32 Å². The monoisotopic (exact) mass is 313 g/mol. The van der Waals surface area contributed by atoms with Gasteiger partial charge in [-0.15, -0.1) is 0 Å². The number of thiophene rings is 1. The zero-order valence-electron chi connectivity index (χ0n) is 13.1. The molecule has 1 amide bonds. The number of esters is 1. The molecule has 0 bridgehead atoms. The molecule has 0 spiro atoms. The molecule has 1 rings (SSSR count). The molecule has 1 heterocycles. The number of hydrogen-bond donors (Lipinski definition) is 1. The maximum absolute atomic E-state index is 12.1. The van der Waals surface area contributed by atoms with Gasteiger partial charge in [-0.2, -0.15) is 11.3 Å². The fraction of sp³-hybridized carbons (Fsp3) is 0.600. The predicted octanol–water partition coefficient (Wildman–Crippen LogP) is 3.14. The minimum atomic E-state index is -0.753. The molecule has 0 aliphatic heterocycles. The first-order chi connectivity index (χ1) is 9.67. The van der Waals surface area contributed by atoms with E-state index in [4.69, 9.17) is 9.47 Å². The van der Waals surface area contributed by atoms with E-state index in [9.17, 15) is 9.59 Å². The Kier molecular flexibility index (Phi) is 6.20. The summed E-state index contributed by atoms with van der Waals surface area (Å²) in [6.07, 6.45) is -0.472. The van der Waals surface area contributed by atoms with Crippen LogP contribution < -0.4 is 5.32 Å². The summed E-state index contributed by atoms with van der Waals surface area (Å²) in [5.74, 6) is -0.456. The third-order valence-corrected chi connectivity index (χ3v) is 3.08. The summed E-state index contributed by atoms with van der Waals surface area (Å²) in [5, 5.41) is 6.45. The van der Waals surface area contributed by atoms with Crippen molar-refractivity contribution in [2.45, 2.75) is 58.8 Å². The summed E-state index contributed by atoms with van der Waals surface area (Å²) in [6, 6.07) is 1.16. The summed E-state index contributed by atoms with van der Waals surface area (Å²) < 4.78 is 10.4. The van der Waals surface area contributed by atoms with Crippen LogP contribution in [0.5, 0.6) is 0 Å². The predicted molar refractivity (Wildman–Crippen MR) is 82.4 cm³/mol. The number of carbonyl (C=O) groups is 2. The summed E-state index contributed by atoms with van der Waals surface area (Å²) >= 11 is 1.54. The lowest BCUT2D eigenvalue weighted by molar-refractivity contribution is -0.149. The molecule has 0 saturated heterocycles.